The molecule has 2 aliphatic heterocycles. The van der Waals surface area contributed by atoms with Crippen LogP contribution in [0.15, 0.2) is 30.5 Å². The van der Waals surface area contributed by atoms with Gasteiger partial charge in [-0.15, -0.1) is 11.3 Å². The molecule has 0 saturated carbocycles. The summed E-state index contributed by atoms with van der Waals surface area (Å²) in [7, 11) is 0. The normalized spacial score (nSPS) is 22.4. The highest BCUT2D eigenvalue weighted by molar-refractivity contribution is 7.21. The molecule has 0 bridgehead atoms. The van der Waals surface area contributed by atoms with Crippen LogP contribution in [0.2, 0.25) is 5.28 Å². The zero-order valence-electron chi connectivity index (χ0n) is 20.8. The predicted molar refractivity (Wildman–Crippen MR) is 147 cm³/mol. The van der Waals surface area contributed by atoms with E-state index in [-0.39, 0.29) is 17.2 Å². The quantitative estimate of drug-likeness (QED) is 0.329. The monoisotopic (exact) mass is 537 g/mol. The number of carbonyl (C=O) groups is 1. The molecule has 3 atom stereocenters. The van der Waals surface area contributed by atoms with E-state index in [4.69, 9.17) is 21.3 Å². The van der Waals surface area contributed by atoms with Gasteiger partial charge in [-0.05, 0) is 50.6 Å². The van der Waals surface area contributed by atoms with E-state index >= 15 is 0 Å². The van der Waals surface area contributed by atoms with Gasteiger partial charge >= 0.3 is 0 Å². The summed E-state index contributed by atoms with van der Waals surface area (Å²) in [5.74, 6) is 0.783. The van der Waals surface area contributed by atoms with Crippen molar-refractivity contribution in [3.63, 3.8) is 0 Å². The lowest BCUT2D eigenvalue weighted by atomic mass is 10.1. The zero-order chi connectivity index (χ0) is 25.7. The molecule has 192 valence electrons. The number of thiophene rings is 1. The van der Waals surface area contributed by atoms with E-state index in [0.29, 0.717) is 41.8 Å². The van der Waals surface area contributed by atoms with Crippen molar-refractivity contribution in [3.05, 3.63) is 46.2 Å². The van der Waals surface area contributed by atoms with E-state index < -0.39 is 0 Å². The fourth-order valence-electron chi connectivity index (χ4n) is 5.24. The average Bonchev–Trinajstić information content (AvgIpc) is 3.16. The van der Waals surface area contributed by atoms with Crippen LogP contribution < -0.4 is 20.7 Å². The first-order valence-electron chi connectivity index (χ1n) is 12.4. The minimum absolute atomic E-state index is 0.0452. The molecule has 4 aromatic rings. The summed E-state index contributed by atoms with van der Waals surface area (Å²) in [4.78, 5) is 29.1. The van der Waals surface area contributed by atoms with Gasteiger partial charge in [0, 0.05) is 77.6 Å². The Hall–Kier alpha value is -3.05. The van der Waals surface area contributed by atoms with Gasteiger partial charge in [0.2, 0.25) is 17.0 Å². The van der Waals surface area contributed by atoms with E-state index in [1.165, 1.54) is 11.3 Å². The van der Waals surface area contributed by atoms with Gasteiger partial charge in [-0.3, -0.25) is 9.69 Å². The first-order chi connectivity index (χ1) is 17.8. The standard InChI is InChI=1S/C26H28ClN7O2S/c1-13-8-28-22-21-17-4-7-20(32-18(17)5-6-19(21)37-23(22)24(35)31-13)36-25-16(9-29-26(27)33-25)12-34-10-14(2)30-15(3)11-34/h4-7,9,13-15,28,30H,8,10-12H2,1-3H3,(H,31,35)/t13-,14-,15+/m1/s1. The van der Waals surface area contributed by atoms with Crippen LogP contribution >= 0.6 is 22.9 Å². The molecule has 1 amide bonds. The van der Waals surface area contributed by atoms with E-state index in [1.807, 2.05) is 31.2 Å². The van der Waals surface area contributed by atoms with Gasteiger partial charge in [0.25, 0.3) is 5.91 Å². The Morgan fingerprint density at radius 2 is 1.92 bits per heavy atom. The number of carbonyl (C=O) groups excluding carboxylic acids is 1. The molecule has 2 aliphatic rings. The maximum absolute atomic E-state index is 12.7. The van der Waals surface area contributed by atoms with Crippen molar-refractivity contribution in [2.24, 2.45) is 0 Å². The number of fused-ring (bicyclic) bond motifs is 5. The lowest BCUT2D eigenvalue weighted by Crippen LogP contribution is -2.53. The number of ether oxygens (including phenoxy) is 1. The third-order valence-electron chi connectivity index (χ3n) is 6.69. The molecular formula is C26H28ClN7O2S. The highest BCUT2D eigenvalue weighted by Crippen LogP contribution is 2.41. The van der Waals surface area contributed by atoms with Crippen molar-refractivity contribution >= 4 is 55.5 Å². The second kappa shape index (κ2) is 9.68. The molecule has 0 spiro atoms. The van der Waals surface area contributed by atoms with Crippen molar-refractivity contribution in [2.75, 3.05) is 25.0 Å². The molecule has 3 N–H and O–H groups in total. The van der Waals surface area contributed by atoms with Crippen LogP contribution in [-0.4, -0.2) is 63.5 Å². The molecule has 6 rings (SSSR count). The number of nitrogens with one attached hydrogen (secondary N) is 3. The molecule has 9 nitrogen and oxygen atoms in total. The van der Waals surface area contributed by atoms with Gasteiger partial charge < -0.3 is 20.7 Å². The number of nitrogens with zero attached hydrogens (tertiary/aromatic N) is 4. The van der Waals surface area contributed by atoms with Gasteiger partial charge in [0.05, 0.1) is 11.2 Å². The first kappa shape index (κ1) is 24.3. The maximum atomic E-state index is 12.7. The largest absolute Gasteiger partial charge is 0.420 e. The van der Waals surface area contributed by atoms with E-state index in [9.17, 15) is 4.79 Å². The minimum Gasteiger partial charge on any atom is -0.420 e. The van der Waals surface area contributed by atoms with Crippen molar-refractivity contribution in [2.45, 2.75) is 45.4 Å². The Bertz CT molecular complexity index is 1500. The lowest BCUT2D eigenvalue weighted by Gasteiger charge is -2.36. The molecule has 1 saturated heterocycles. The predicted octanol–water partition coefficient (Wildman–Crippen LogP) is 4.41. The van der Waals surface area contributed by atoms with Crippen molar-refractivity contribution in [1.29, 1.82) is 0 Å². The number of hydrogen-bond acceptors (Lipinski definition) is 9. The molecule has 3 aromatic heterocycles. The number of aromatic nitrogens is 3. The molecule has 0 radical (unpaired) electrons. The van der Waals surface area contributed by atoms with Crippen LogP contribution in [0.3, 0.4) is 0 Å². The smallest absolute Gasteiger partial charge is 0.263 e. The number of anilines is 1. The number of rotatable bonds is 4. The Morgan fingerprint density at radius 3 is 2.73 bits per heavy atom. The lowest BCUT2D eigenvalue weighted by molar-refractivity contribution is 0.0949. The maximum Gasteiger partial charge on any atom is 0.263 e. The number of benzene rings is 1. The van der Waals surface area contributed by atoms with Gasteiger partial charge in [-0.25, -0.2) is 9.97 Å². The molecule has 0 unspecified atom stereocenters. The number of halogens is 1. The molecule has 0 aliphatic carbocycles. The molecule has 1 fully saturated rings. The summed E-state index contributed by atoms with van der Waals surface area (Å²) in [6, 6.07) is 8.64. The molecule has 11 heteroatoms. The van der Waals surface area contributed by atoms with Crippen molar-refractivity contribution < 1.29 is 9.53 Å². The van der Waals surface area contributed by atoms with Crippen molar-refractivity contribution in [3.8, 4) is 11.8 Å². The highest BCUT2D eigenvalue weighted by Gasteiger charge is 2.25. The van der Waals surface area contributed by atoms with Crippen LogP contribution in [0.1, 0.15) is 36.0 Å². The SMILES string of the molecule is C[C@@H]1CNc2c(sc3ccc4nc(Oc5nc(Cl)ncc5CN5C[C@@H](C)N[C@@H](C)C5)ccc4c23)C(=O)N1. The third-order valence-corrected chi connectivity index (χ3v) is 8.02. The summed E-state index contributed by atoms with van der Waals surface area (Å²) in [5, 5.41) is 12.1. The van der Waals surface area contributed by atoms with E-state index in [0.717, 1.165) is 45.3 Å². The van der Waals surface area contributed by atoms with Crippen LogP contribution in [-0.2, 0) is 6.54 Å². The zero-order valence-corrected chi connectivity index (χ0v) is 22.4. The van der Waals surface area contributed by atoms with Crippen molar-refractivity contribution in [1.82, 2.24) is 30.5 Å². The number of hydrogen-bond donors (Lipinski definition) is 3. The molecule has 5 heterocycles. The van der Waals surface area contributed by atoms with Gasteiger partial charge in [-0.2, -0.15) is 4.98 Å². The van der Waals surface area contributed by atoms with Gasteiger partial charge in [0.15, 0.2) is 0 Å². The molecule has 1 aromatic carbocycles. The summed E-state index contributed by atoms with van der Waals surface area (Å²) in [6.45, 7) is 9.52. The third kappa shape index (κ3) is 4.82. The Morgan fingerprint density at radius 1 is 1.11 bits per heavy atom. The minimum atomic E-state index is -0.0452. The summed E-state index contributed by atoms with van der Waals surface area (Å²) in [5.41, 5.74) is 2.50. The van der Waals surface area contributed by atoms with Crippen LogP contribution in [0.25, 0.3) is 21.0 Å². The van der Waals surface area contributed by atoms with E-state index in [1.54, 1.807) is 6.20 Å². The Balaban J connectivity index is 1.33. The Labute approximate surface area is 223 Å². The Kier molecular flexibility index (Phi) is 6.36. The number of pyridine rings is 1. The first-order valence-corrected chi connectivity index (χ1v) is 13.6. The average molecular weight is 538 g/mol. The topological polar surface area (TPSA) is 104 Å². The molecular weight excluding hydrogens is 510 g/mol. The second-order valence-corrected chi connectivity index (χ2v) is 11.3. The summed E-state index contributed by atoms with van der Waals surface area (Å²) >= 11 is 7.63. The number of piperazine rings is 1. The summed E-state index contributed by atoms with van der Waals surface area (Å²) in [6.07, 6.45) is 1.73. The van der Waals surface area contributed by atoms with Gasteiger partial charge in [-0.1, -0.05) is 0 Å². The van der Waals surface area contributed by atoms with E-state index in [2.05, 4.69) is 44.7 Å². The number of amides is 1. The van der Waals surface area contributed by atoms with Crippen LogP contribution in [0.5, 0.6) is 11.8 Å². The van der Waals surface area contributed by atoms with Crippen LogP contribution in [0.4, 0.5) is 5.69 Å². The van der Waals surface area contributed by atoms with Gasteiger partial charge in [0.1, 0.15) is 4.88 Å². The highest BCUT2D eigenvalue weighted by atomic mass is 35.5. The summed E-state index contributed by atoms with van der Waals surface area (Å²) < 4.78 is 7.22. The molecule has 37 heavy (non-hydrogen) atoms. The van der Waals surface area contributed by atoms with Crippen LogP contribution in [0, 0.1) is 0 Å². The second-order valence-electron chi connectivity index (χ2n) is 9.95. The fraction of sp³-hybridized carbons (Fsp3) is 0.385. The fourth-order valence-corrected chi connectivity index (χ4v) is 6.46.